The molecule has 0 amide bonds. The lowest BCUT2D eigenvalue weighted by Gasteiger charge is -2.32. The van der Waals surface area contributed by atoms with E-state index in [1.165, 1.54) is 72.2 Å². The summed E-state index contributed by atoms with van der Waals surface area (Å²) >= 11 is 0. The van der Waals surface area contributed by atoms with Crippen molar-refractivity contribution < 1.29 is 0 Å². The van der Waals surface area contributed by atoms with Crippen LogP contribution in [-0.4, -0.2) is 0 Å². The van der Waals surface area contributed by atoms with Gasteiger partial charge in [0.15, 0.2) is 0 Å². The average Bonchev–Trinajstić information content (AvgIpc) is 3.58. The largest absolute Gasteiger partial charge is 0.310 e. The first kappa shape index (κ1) is 38.3. The van der Waals surface area contributed by atoms with Crippen molar-refractivity contribution in [3.63, 3.8) is 0 Å². The van der Waals surface area contributed by atoms with Crippen LogP contribution in [0, 0.1) is 0 Å². The van der Waals surface area contributed by atoms with Crippen LogP contribution >= 0.6 is 0 Å². The van der Waals surface area contributed by atoms with Crippen LogP contribution in [0.1, 0.15) is 48.4 Å². The molecule has 9 aromatic rings. The number of anilines is 6. The number of hydrogen-bond donors (Lipinski definition) is 0. The zero-order valence-corrected chi connectivity index (χ0v) is 35.7. The summed E-state index contributed by atoms with van der Waals surface area (Å²) in [6.45, 7) is 4.72. The molecule has 0 heterocycles. The average molecular weight is 809 g/mol. The Kier molecular flexibility index (Phi) is 9.70. The van der Waals surface area contributed by atoms with Crippen LogP contribution in [0.2, 0.25) is 0 Å². The Morgan fingerprint density at radius 3 is 1.81 bits per heavy atom. The molecule has 2 aliphatic carbocycles. The van der Waals surface area contributed by atoms with Gasteiger partial charge in [0, 0.05) is 45.0 Å². The van der Waals surface area contributed by atoms with Gasteiger partial charge in [0.2, 0.25) is 0 Å². The molecular formula is C61H48N2. The number of benzene rings is 9. The predicted octanol–water partition coefficient (Wildman–Crippen LogP) is 16.9. The Bertz CT molecular complexity index is 3170. The third-order valence-corrected chi connectivity index (χ3v) is 13.2. The van der Waals surface area contributed by atoms with E-state index < -0.39 is 0 Å². The molecule has 11 rings (SSSR count). The van der Waals surface area contributed by atoms with E-state index in [9.17, 15) is 0 Å². The van der Waals surface area contributed by atoms with E-state index in [2.05, 4.69) is 260 Å². The Morgan fingerprint density at radius 2 is 1.02 bits per heavy atom. The molecule has 0 radical (unpaired) electrons. The van der Waals surface area contributed by atoms with Crippen molar-refractivity contribution in [1.82, 2.24) is 0 Å². The summed E-state index contributed by atoms with van der Waals surface area (Å²) < 4.78 is 0. The minimum Gasteiger partial charge on any atom is -0.310 e. The molecule has 63 heavy (non-hydrogen) atoms. The summed E-state index contributed by atoms with van der Waals surface area (Å²) in [6.07, 6.45) is 8.10. The highest BCUT2D eigenvalue weighted by molar-refractivity contribution is 6.01. The maximum absolute atomic E-state index is 2.46. The lowest BCUT2D eigenvalue weighted by Crippen LogP contribution is -2.17. The van der Waals surface area contributed by atoms with E-state index in [1.54, 1.807) is 0 Å². The van der Waals surface area contributed by atoms with Crippen molar-refractivity contribution >= 4 is 50.5 Å². The molecule has 0 saturated heterocycles. The minimum atomic E-state index is -0.0950. The van der Waals surface area contributed by atoms with E-state index in [-0.39, 0.29) is 11.3 Å². The van der Waals surface area contributed by atoms with Crippen molar-refractivity contribution in [3.05, 3.63) is 259 Å². The fourth-order valence-electron chi connectivity index (χ4n) is 10.0. The molecule has 0 aromatic heterocycles. The van der Waals surface area contributed by atoms with E-state index in [1.807, 2.05) is 0 Å². The van der Waals surface area contributed by atoms with E-state index in [0.29, 0.717) is 0 Å². The molecule has 302 valence electrons. The summed E-state index contributed by atoms with van der Waals surface area (Å²) in [7, 11) is 0. The molecule has 2 heteroatoms. The van der Waals surface area contributed by atoms with Gasteiger partial charge in [0.1, 0.15) is 0 Å². The van der Waals surface area contributed by atoms with E-state index in [4.69, 9.17) is 0 Å². The lowest BCUT2D eigenvalue weighted by molar-refractivity contribution is 0.660. The Labute approximate surface area is 371 Å². The van der Waals surface area contributed by atoms with Crippen LogP contribution in [0.25, 0.3) is 38.6 Å². The summed E-state index contributed by atoms with van der Waals surface area (Å²) in [5.41, 5.74) is 18.4. The van der Waals surface area contributed by atoms with Gasteiger partial charge in [-0.1, -0.05) is 196 Å². The minimum absolute atomic E-state index is 0.0950. The summed E-state index contributed by atoms with van der Waals surface area (Å²) in [5, 5.41) is 2.43. The molecule has 0 N–H and O–H groups in total. The van der Waals surface area contributed by atoms with Gasteiger partial charge < -0.3 is 9.80 Å². The Balaban J connectivity index is 0.967. The maximum atomic E-state index is 2.46. The molecule has 2 nitrogen and oxygen atoms in total. The fraction of sp³-hybridized carbons (Fsp3) is 0.0820. The van der Waals surface area contributed by atoms with Crippen LogP contribution in [0.4, 0.5) is 34.1 Å². The topological polar surface area (TPSA) is 6.48 Å². The van der Waals surface area contributed by atoms with Crippen LogP contribution in [0.5, 0.6) is 0 Å². The van der Waals surface area contributed by atoms with Gasteiger partial charge in [0.25, 0.3) is 0 Å². The second-order valence-electron chi connectivity index (χ2n) is 17.3. The third-order valence-electron chi connectivity index (χ3n) is 13.2. The van der Waals surface area contributed by atoms with Gasteiger partial charge in [-0.3, -0.25) is 0 Å². The highest BCUT2D eigenvalue weighted by Gasteiger charge is 2.36. The predicted molar refractivity (Wildman–Crippen MR) is 267 cm³/mol. The molecule has 0 spiro atoms. The molecule has 9 aromatic carbocycles. The Hall–Kier alpha value is -7.68. The zero-order valence-electron chi connectivity index (χ0n) is 35.7. The van der Waals surface area contributed by atoms with Gasteiger partial charge >= 0.3 is 0 Å². The first-order valence-corrected chi connectivity index (χ1v) is 22.1. The standard InChI is InChI=1S/C61H48N2/c1-61(2)56-28-14-11-27-54(56)55-41-40-50(42-57(55)61)62(48-22-7-4-8-23-48)58-29-15-12-25-52(58)46-32-34-47(35-33-46)53-26-13-16-30-59(53)63(60-31-17-21-45-20-9-10-24-51(45)60)49-38-36-44(37-39-49)43-18-5-3-6-19-43/h3-32,34-42,46H,33H2,1-2H3. The number of allylic oxidation sites excluding steroid dienone is 4. The third kappa shape index (κ3) is 6.85. The van der Waals surface area contributed by atoms with Crippen molar-refractivity contribution in [1.29, 1.82) is 0 Å². The lowest BCUT2D eigenvalue weighted by atomic mass is 9.82. The first-order valence-electron chi connectivity index (χ1n) is 22.1. The van der Waals surface area contributed by atoms with Gasteiger partial charge in [-0.25, -0.2) is 0 Å². The summed E-state index contributed by atoms with van der Waals surface area (Å²) in [5.74, 6) is 0.193. The van der Waals surface area contributed by atoms with E-state index in [0.717, 1.165) is 29.2 Å². The van der Waals surface area contributed by atoms with E-state index >= 15 is 0 Å². The molecule has 1 unspecified atom stereocenters. The molecule has 1 atom stereocenters. The molecule has 2 aliphatic rings. The van der Waals surface area contributed by atoms with Crippen LogP contribution in [0.3, 0.4) is 0 Å². The first-order chi connectivity index (χ1) is 31.0. The highest BCUT2D eigenvalue weighted by atomic mass is 15.2. The normalized spacial score (nSPS) is 14.8. The molecule has 0 aliphatic heterocycles. The second-order valence-corrected chi connectivity index (χ2v) is 17.3. The van der Waals surface area contributed by atoms with Crippen LogP contribution < -0.4 is 9.80 Å². The van der Waals surface area contributed by atoms with Crippen LogP contribution in [0.15, 0.2) is 237 Å². The van der Waals surface area contributed by atoms with Gasteiger partial charge in [0.05, 0.1) is 11.4 Å². The SMILES string of the molecule is CC1(C)c2ccccc2-c2ccc(N(c3ccccc3)c3ccccc3C3C=CC(c4ccccc4N(c4ccc(-c5ccccc5)cc4)c4cccc5ccccc45)=CC3)cc21. The van der Waals surface area contributed by atoms with Gasteiger partial charge in [-0.15, -0.1) is 0 Å². The second kappa shape index (κ2) is 16.0. The number of para-hydroxylation sites is 3. The molecule has 0 bridgehead atoms. The van der Waals surface area contributed by atoms with Gasteiger partial charge in [-0.05, 0) is 111 Å². The van der Waals surface area contributed by atoms with Crippen molar-refractivity contribution in [2.45, 2.75) is 31.6 Å². The summed E-state index contributed by atoms with van der Waals surface area (Å²) in [4.78, 5) is 4.90. The van der Waals surface area contributed by atoms with Gasteiger partial charge in [-0.2, -0.15) is 0 Å². The summed E-state index contributed by atoms with van der Waals surface area (Å²) in [6, 6.07) is 79.6. The fourth-order valence-corrected chi connectivity index (χ4v) is 10.0. The van der Waals surface area contributed by atoms with Crippen molar-refractivity contribution in [2.75, 3.05) is 9.80 Å². The molecular weight excluding hydrogens is 761 g/mol. The number of rotatable bonds is 9. The zero-order chi connectivity index (χ0) is 42.3. The maximum Gasteiger partial charge on any atom is 0.0540 e. The number of fused-ring (bicyclic) bond motifs is 4. The Morgan fingerprint density at radius 1 is 0.429 bits per heavy atom. The number of nitrogens with zero attached hydrogens (tertiary/aromatic N) is 2. The van der Waals surface area contributed by atoms with Crippen molar-refractivity contribution in [2.24, 2.45) is 0 Å². The number of hydrogen-bond acceptors (Lipinski definition) is 2. The quantitative estimate of drug-likeness (QED) is 0.143. The van der Waals surface area contributed by atoms with Crippen molar-refractivity contribution in [3.8, 4) is 22.3 Å². The smallest absolute Gasteiger partial charge is 0.0540 e. The monoisotopic (exact) mass is 808 g/mol. The molecule has 0 saturated carbocycles. The highest BCUT2D eigenvalue weighted by Crippen LogP contribution is 2.51. The molecule has 0 fully saturated rings. The van der Waals surface area contributed by atoms with Crippen LogP contribution in [-0.2, 0) is 5.41 Å².